The Labute approximate surface area is 557 Å². The number of benzene rings is 8. The highest BCUT2D eigenvalue weighted by atomic mass is 79.9. The molecule has 0 spiro atoms. The van der Waals surface area contributed by atoms with E-state index in [-0.39, 0.29) is 20.3 Å². The summed E-state index contributed by atoms with van der Waals surface area (Å²) in [6, 6.07) is 69.9. The minimum absolute atomic E-state index is 0. The number of rotatable bonds is 6. The minimum Gasteiger partial charge on any atom is -0.457 e. The normalized spacial score (nSPS) is 11.4. The van der Waals surface area contributed by atoms with Crippen molar-refractivity contribution in [1.82, 2.24) is 47.8 Å². The number of ether oxygens (including phenoxy) is 1. The van der Waals surface area contributed by atoms with Gasteiger partial charge in [-0.05, 0) is 185 Å². The first-order chi connectivity index (χ1) is 45.4. The van der Waals surface area contributed by atoms with Crippen LogP contribution in [0.5, 0.6) is 11.5 Å². The summed E-state index contributed by atoms with van der Waals surface area (Å²) in [5, 5.41) is 8.72. The maximum Gasteiger partial charge on any atom is 0.179 e. The second-order valence-electron chi connectivity index (χ2n) is 23.9. The van der Waals surface area contributed by atoms with Gasteiger partial charge in [-0.15, -0.1) is 0 Å². The molecule has 8 aromatic carbocycles. The number of fused-ring (bicyclic) bond motifs is 18. The number of hydrogen-bond donors (Lipinski definition) is 1. The molecule has 0 aliphatic rings. The van der Waals surface area contributed by atoms with Crippen LogP contribution in [0.25, 0.3) is 133 Å². The van der Waals surface area contributed by atoms with E-state index in [2.05, 4.69) is 218 Å². The Morgan fingerprint density at radius 2 is 0.863 bits per heavy atom. The molecule has 0 aliphatic heterocycles. The topological polar surface area (TPSA) is 125 Å². The zero-order chi connectivity index (χ0) is 63.2. The van der Waals surface area contributed by atoms with Gasteiger partial charge in [0.1, 0.15) is 34.4 Å². The zero-order valence-electron chi connectivity index (χ0n) is 51.8. The van der Waals surface area contributed by atoms with E-state index < -0.39 is 0 Å². The van der Waals surface area contributed by atoms with Gasteiger partial charge in [0.05, 0.1) is 67.9 Å². The summed E-state index contributed by atoms with van der Waals surface area (Å²) >= 11 is 3.56. The van der Waals surface area contributed by atoms with Gasteiger partial charge >= 0.3 is 0 Å². The second-order valence-corrected chi connectivity index (χ2v) is 24.8. The average molecular weight is 1300 g/mol. The van der Waals surface area contributed by atoms with Crippen molar-refractivity contribution in [2.24, 2.45) is 0 Å². The highest BCUT2D eigenvalue weighted by molar-refractivity contribution is 9.10. The van der Waals surface area contributed by atoms with E-state index in [0.29, 0.717) is 0 Å². The molecule has 0 bridgehead atoms. The third-order valence-electron chi connectivity index (χ3n) is 17.8. The van der Waals surface area contributed by atoms with Crippen molar-refractivity contribution in [1.29, 1.82) is 0 Å². The van der Waals surface area contributed by atoms with Crippen LogP contribution in [0.2, 0.25) is 0 Å². The van der Waals surface area contributed by atoms with Gasteiger partial charge in [-0.25, -0.2) is 19.9 Å². The van der Waals surface area contributed by atoms with Crippen molar-refractivity contribution in [3.05, 3.63) is 292 Å². The number of H-pyrrole nitrogens is 1. The molecule has 0 amide bonds. The Morgan fingerprint density at radius 3 is 1.45 bits per heavy atom. The SMILES string of the molecule is Brc1ccc2c3ccccc3n(-c3ccccn3)c2c1.C.C.Cc1cc(C)c(-c2cnc3c4cc(=O)ccc4c4[nH]cccc4n23)c(C)c1.Cc1cc(C)c(-c2cnc3c4cc(Oc5ccc6c7ccccc7n(-c7ccccn7)c6c5)ccc4c4ncccc4n23)c(C)c1. The maximum absolute atomic E-state index is 12.0. The van der Waals surface area contributed by atoms with Crippen molar-refractivity contribution in [2.75, 3.05) is 0 Å². The molecule has 18 rings (SSSR count). The number of aryl methyl sites for hydroxylation is 6. The summed E-state index contributed by atoms with van der Waals surface area (Å²) in [4.78, 5) is 39.1. The first-order valence-electron chi connectivity index (χ1n) is 30.9. The molecule has 0 unspecified atom stereocenters. The van der Waals surface area contributed by atoms with E-state index in [1.54, 1.807) is 12.1 Å². The minimum atomic E-state index is -0.00747. The van der Waals surface area contributed by atoms with Gasteiger partial charge in [0.25, 0.3) is 0 Å². The fraction of sp³-hybridized carbons (Fsp3) is 0.0976. The monoisotopic (exact) mass is 1300 g/mol. The smallest absolute Gasteiger partial charge is 0.179 e. The Bertz CT molecular complexity index is 6050. The lowest BCUT2D eigenvalue weighted by Gasteiger charge is -2.14. The number of para-hydroxylation sites is 2. The zero-order valence-corrected chi connectivity index (χ0v) is 53.4. The first kappa shape index (κ1) is 61.0. The van der Waals surface area contributed by atoms with Crippen molar-refractivity contribution in [3.8, 4) is 45.6 Å². The summed E-state index contributed by atoms with van der Waals surface area (Å²) in [5.41, 5.74) is 22.1. The van der Waals surface area contributed by atoms with Crippen LogP contribution in [-0.4, -0.2) is 47.8 Å². The van der Waals surface area contributed by atoms with E-state index >= 15 is 0 Å². The predicted molar refractivity (Wildman–Crippen MR) is 397 cm³/mol. The van der Waals surface area contributed by atoms with Gasteiger partial charge in [-0.1, -0.05) is 121 Å². The van der Waals surface area contributed by atoms with E-state index in [9.17, 15) is 4.79 Å². The number of nitrogens with zero attached hydrogens (tertiary/aromatic N) is 9. The fourth-order valence-corrected chi connectivity index (χ4v) is 14.5. The highest BCUT2D eigenvalue weighted by Gasteiger charge is 2.22. The van der Waals surface area contributed by atoms with Crippen LogP contribution in [0.3, 0.4) is 0 Å². The van der Waals surface area contributed by atoms with Crippen LogP contribution < -0.4 is 10.2 Å². The molecular formula is C82H67BrN10O2. The number of halogens is 1. The quantitative estimate of drug-likeness (QED) is 0.164. The maximum atomic E-state index is 12.0. The molecule has 18 aromatic rings. The summed E-state index contributed by atoms with van der Waals surface area (Å²) in [7, 11) is 0. The predicted octanol–water partition coefficient (Wildman–Crippen LogP) is 21.0. The molecule has 0 radical (unpaired) electrons. The molecule has 1 N–H and O–H groups in total. The molecule has 10 aromatic heterocycles. The fourth-order valence-electron chi connectivity index (χ4n) is 14.2. The van der Waals surface area contributed by atoms with E-state index in [4.69, 9.17) is 19.7 Å². The number of hydrogen-bond acceptors (Lipinski definition) is 7. The lowest BCUT2D eigenvalue weighted by Crippen LogP contribution is -2.01. The molecule has 95 heavy (non-hydrogen) atoms. The van der Waals surface area contributed by atoms with Crippen LogP contribution in [0.1, 0.15) is 48.2 Å². The summed E-state index contributed by atoms with van der Waals surface area (Å²) in [6.45, 7) is 12.9. The van der Waals surface area contributed by atoms with Gasteiger partial charge in [0, 0.05) is 89.5 Å². The molecule has 0 fully saturated rings. The number of nitrogens with one attached hydrogen (secondary N) is 1. The first-order valence-corrected chi connectivity index (χ1v) is 31.7. The lowest BCUT2D eigenvalue weighted by atomic mass is 9.97. The van der Waals surface area contributed by atoms with Crippen LogP contribution in [0.15, 0.2) is 253 Å². The molecule has 10 heterocycles. The molecule has 13 heteroatoms. The van der Waals surface area contributed by atoms with Gasteiger partial charge < -0.3 is 9.72 Å². The number of pyridine rings is 6. The van der Waals surface area contributed by atoms with Gasteiger partial charge in [0.15, 0.2) is 5.43 Å². The van der Waals surface area contributed by atoms with E-state index in [1.165, 1.54) is 71.7 Å². The average Bonchev–Trinajstić information content (AvgIpc) is 1.59. The van der Waals surface area contributed by atoms with Crippen LogP contribution in [0.4, 0.5) is 0 Å². The second kappa shape index (κ2) is 24.5. The van der Waals surface area contributed by atoms with Crippen LogP contribution >= 0.6 is 15.9 Å². The van der Waals surface area contributed by atoms with Crippen molar-refractivity contribution in [2.45, 2.75) is 56.4 Å². The summed E-state index contributed by atoms with van der Waals surface area (Å²) in [5.74, 6) is 3.29. The highest BCUT2D eigenvalue weighted by Crippen LogP contribution is 2.41. The van der Waals surface area contributed by atoms with E-state index in [1.807, 2.05) is 104 Å². The Hall–Kier alpha value is -11.5. The Morgan fingerprint density at radius 1 is 0.389 bits per heavy atom. The van der Waals surface area contributed by atoms with Gasteiger partial charge in [-0.3, -0.25) is 27.7 Å². The Kier molecular flexibility index (Phi) is 15.7. The van der Waals surface area contributed by atoms with Gasteiger partial charge in [0.2, 0.25) is 0 Å². The molecule has 0 saturated carbocycles. The van der Waals surface area contributed by atoms with E-state index in [0.717, 1.165) is 110 Å². The Balaban J connectivity index is 0.000000134. The third kappa shape index (κ3) is 10.4. The lowest BCUT2D eigenvalue weighted by molar-refractivity contribution is 0.484. The molecule has 464 valence electrons. The third-order valence-corrected chi connectivity index (χ3v) is 18.2. The molecule has 12 nitrogen and oxygen atoms in total. The standard InChI is InChI=1S/C40H29N5O.C23H19N3O.C17H11BrN2.2CH4/c1-24-19-25(2)38(26(3)20-24)36-23-43-40-32-21-27(14-16-31(32)39-34(45(36)40)11-8-18-42-39)46-28-13-15-30-29-9-4-5-10-33(29)44(35(30)22-28)37-12-6-7-17-41-37;1-13-9-14(2)21(15(3)10-13)20-12-25-23-18-11-16(27)6-7-17(18)22-19(26(20)23)5-4-8-24-22;18-12-8-9-14-13-5-1-2-6-15(13)20(16(14)11-12)17-7-3-4-10-19-17;;/h4-23H,1-3H3;4-12,24H,1-3H3;1-11H;2*1H4. The summed E-state index contributed by atoms with van der Waals surface area (Å²) in [6.07, 6.45) is 11.3. The molecule has 0 saturated heterocycles. The van der Waals surface area contributed by atoms with Crippen molar-refractivity contribution in [3.63, 3.8) is 0 Å². The molecule has 0 atom stereocenters. The number of aromatic nitrogens is 10. The van der Waals surface area contributed by atoms with Crippen LogP contribution in [-0.2, 0) is 0 Å². The van der Waals surface area contributed by atoms with Crippen molar-refractivity contribution >= 4 is 114 Å². The van der Waals surface area contributed by atoms with Crippen LogP contribution in [0, 0.1) is 41.5 Å². The number of aromatic amines is 1. The number of imidazole rings is 2. The summed E-state index contributed by atoms with van der Waals surface area (Å²) < 4.78 is 16.5. The van der Waals surface area contributed by atoms with Crippen molar-refractivity contribution < 1.29 is 4.74 Å². The molecular weight excluding hydrogens is 1240 g/mol. The molecule has 0 aliphatic carbocycles. The largest absolute Gasteiger partial charge is 0.457 e. The van der Waals surface area contributed by atoms with Gasteiger partial charge in [-0.2, -0.15) is 0 Å².